The van der Waals surface area contributed by atoms with Crippen LogP contribution in [0.25, 0.3) is 0 Å². The van der Waals surface area contributed by atoms with Crippen molar-refractivity contribution in [3.05, 3.63) is 46.6 Å². The summed E-state index contributed by atoms with van der Waals surface area (Å²) in [6, 6.07) is 2.99. The van der Waals surface area contributed by atoms with Crippen LogP contribution in [0.2, 0.25) is 0 Å². The highest BCUT2D eigenvalue weighted by Crippen LogP contribution is 2.43. The van der Waals surface area contributed by atoms with Crippen molar-refractivity contribution in [2.45, 2.75) is 30.6 Å². The van der Waals surface area contributed by atoms with E-state index < -0.39 is 27.4 Å². The van der Waals surface area contributed by atoms with Crippen molar-refractivity contribution < 1.29 is 31.7 Å². The Balaban J connectivity index is 2.07. The first-order valence-electron chi connectivity index (χ1n) is 7.95. The molecule has 0 aliphatic heterocycles. The minimum absolute atomic E-state index is 0.0528. The predicted octanol–water partition coefficient (Wildman–Crippen LogP) is 2.50. The van der Waals surface area contributed by atoms with Crippen LogP contribution in [-0.2, 0) is 14.6 Å². The Morgan fingerprint density at radius 2 is 2.04 bits per heavy atom. The maximum Gasteiger partial charge on any atom is 0.361 e. The Bertz CT molecular complexity index is 991. The van der Waals surface area contributed by atoms with Gasteiger partial charge in [-0.2, -0.15) is 0 Å². The minimum Gasteiger partial charge on any atom is -0.461 e. The standard InChI is InChI=1S/C17H16FNO6S/c1-3-24-17(21)14-13(16(25-19-14)9-4-5-9)15(20)11-7-6-10(8-12(11)18)26(2,22)23/h6-9H,3-5H2,1-2H3. The number of ether oxygens (including phenoxy) is 1. The highest BCUT2D eigenvalue weighted by atomic mass is 32.2. The van der Waals surface area contributed by atoms with E-state index in [4.69, 9.17) is 9.26 Å². The number of sulfone groups is 1. The fraction of sp³-hybridized carbons (Fsp3) is 0.353. The summed E-state index contributed by atoms with van der Waals surface area (Å²) in [4.78, 5) is 24.7. The molecule has 3 rings (SSSR count). The molecule has 138 valence electrons. The maximum atomic E-state index is 14.4. The molecule has 0 radical (unpaired) electrons. The van der Waals surface area contributed by atoms with E-state index in [0.29, 0.717) is 0 Å². The van der Waals surface area contributed by atoms with Gasteiger partial charge in [0.1, 0.15) is 11.4 Å². The van der Waals surface area contributed by atoms with Crippen LogP contribution in [0.15, 0.2) is 27.6 Å². The Morgan fingerprint density at radius 1 is 1.35 bits per heavy atom. The molecular weight excluding hydrogens is 365 g/mol. The smallest absolute Gasteiger partial charge is 0.361 e. The summed E-state index contributed by atoms with van der Waals surface area (Å²) in [5.41, 5.74) is -0.796. The maximum absolute atomic E-state index is 14.4. The summed E-state index contributed by atoms with van der Waals surface area (Å²) in [6.45, 7) is 1.68. The molecule has 1 saturated carbocycles. The van der Waals surface area contributed by atoms with Gasteiger partial charge >= 0.3 is 5.97 Å². The van der Waals surface area contributed by atoms with Gasteiger partial charge in [0.2, 0.25) is 11.5 Å². The molecule has 1 heterocycles. The summed E-state index contributed by atoms with van der Waals surface area (Å²) in [6.07, 6.45) is 2.48. The van der Waals surface area contributed by atoms with Gasteiger partial charge in [0.15, 0.2) is 15.6 Å². The van der Waals surface area contributed by atoms with Crippen LogP contribution >= 0.6 is 0 Å². The predicted molar refractivity (Wildman–Crippen MR) is 87.4 cm³/mol. The number of halogens is 1. The van der Waals surface area contributed by atoms with Crippen molar-refractivity contribution in [1.82, 2.24) is 5.16 Å². The lowest BCUT2D eigenvalue weighted by molar-refractivity contribution is 0.0512. The molecule has 0 bridgehead atoms. The molecule has 0 amide bonds. The first-order chi connectivity index (χ1) is 12.2. The summed E-state index contributed by atoms with van der Waals surface area (Å²) in [7, 11) is -3.62. The Labute approximate surface area is 149 Å². The van der Waals surface area contributed by atoms with Gasteiger partial charge in [-0.05, 0) is 38.0 Å². The van der Waals surface area contributed by atoms with Crippen molar-refractivity contribution in [1.29, 1.82) is 0 Å². The number of carbonyl (C=O) groups is 2. The lowest BCUT2D eigenvalue weighted by Crippen LogP contribution is -2.14. The Morgan fingerprint density at radius 3 is 2.58 bits per heavy atom. The van der Waals surface area contributed by atoms with E-state index in [9.17, 15) is 22.4 Å². The topological polar surface area (TPSA) is 104 Å². The first kappa shape index (κ1) is 18.2. The number of carbonyl (C=O) groups excluding carboxylic acids is 2. The van der Waals surface area contributed by atoms with E-state index in [0.717, 1.165) is 37.3 Å². The SMILES string of the molecule is CCOC(=O)c1noc(C2CC2)c1C(=O)c1ccc(S(C)(=O)=O)cc1F. The van der Waals surface area contributed by atoms with Crippen LogP contribution in [0.5, 0.6) is 0 Å². The highest BCUT2D eigenvalue weighted by Gasteiger charge is 2.38. The monoisotopic (exact) mass is 381 g/mol. The number of ketones is 1. The third-order valence-electron chi connectivity index (χ3n) is 3.98. The van der Waals surface area contributed by atoms with Crippen LogP contribution < -0.4 is 0 Å². The van der Waals surface area contributed by atoms with Crippen molar-refractivity contribution in [3.8, 4) is 0 Å². The van der Waals surface area contributed by atoms with Gasteiger partial charge in [-0.1, -0.05) is 5.16 Å². The van der Waals surface area contributed by atoms with E-state index >= 15 is 0 Å². The van der Waals surface area contributed by atoms with Crippen molar-refractivity contribution in [3.63, 3.8) is 0 Å². The molecule has 26 heavy (non-hydrogen) atoms. The van der Waals surface area contributed by atoms with Crippen molar-refractivity contribution >= 4 is 21.6 Å². The van der Waals surface area contributed by atoms with Crippen LogP contribution in [0.4, 0.5) is 4.39 Å². The second-order valence-corrected chi connectivity index (χ2v) is 8.02. The molecule has 1 aromatic carbocycles. The van der Waals surface area contributed by atoms with Gasteiger partial charge in [0.05, 0.1) is 17.1 Å². The second kappa shape index (κ2) is 6.64. The van der Waals surface area contributed by atoms with Gasteiger partial charge in [-0.15, -0.1) is 0 Å². The zero-order chi connectivity index (χ0) is 19.1. The third-order valence-corrected chi connectivity index (χ3v) is 5.09. The zero-order valence-electron chi connectivity index (χ0n) is 14.1. The molecule has 1 aromatic heterocycles. The fourth-order valence-electron chi connectivity index (χ4n) is 2.53. The van der Waals surface area contributed by atoms with E-state index in [1.807, 2.05) is 0 Å². The lowest BCUT2D eigenvalue weighted by Gasteiger charge is -2.06. The molecule has 0 spiro atoms. The largest absolute Gasteiger partial charge is 0.461 e. The van der Waals surface area contributed by atoms with Gasteiger partial charge in [-0.25, -0.2) is 17.6 Å². The molecule has 0 N–H and O–H groups in total. The zero-order valence-corrected chi connectivity index (χ0v) is 14.9. The number of rotatable bonds is 6. The molecule has 2 aromatic rings. The Hall–Kier alpha value is -2.55. The molecule has 9 heteroatoms. The summed E-state index contributed by atoms with van der Waals surface area (Å²) in [5.74, 6) is -2.46. The number of aromatic nitrogens is 1. The average molecular weight is 381 g/mol. The number of nitrogens with zero attached hydrogens (tertiary/aromatic N) is 1. The number of hydrogen-bond acceptors (Lipinski definition) is 7. The molecular formula is C17H16FNO6S. The third kappa shape index (κ3) is 3.39. The van der Waals surface area contributed by atoms with E-state index in [2.05, 4.69) is 5.16 Å². The van der Waals surface area contributed by atoms with E-state index in [1.54, 1.807) is 6.92 Å². The minimum atomic E-state index is -3.62. The van der Waals surface area contributed by atoms with E-state index in [1.165, 1.54) is 0 Å². The summed E-state index contributed by atoms with van der Waals surface area (Å²) < 4.78 is 47.5. The van der Waals surface area contributed by atoms with Gasteiger partial charge < -0.3 is 9.26 Å². The Kier molecular flexibility index (Phi) is 4.66. The molecule has 0 unspecified atom stereocenters. The molecule has 0 saturated heterocycles. The van der Waals surface area contributed by atoms with E-state index in [-0.39, 0.29) is 40.0 Å². The average Bonchev–Trinajstić information content (AvgIpc) is 3.31. The van der Waals surface area contributed by atoms with Crippen molar-refractivity contribution in [2.24, 2.45) is 0 Å². The van der Waals surface area contributed by atoms with Crippen LogP contribution in [0.3, 0.4) is 0 Å². The normalized spacial score (nSPS) is 14.3. The summed E-state index contributed by atoms with van der Waals surface area (Å²) in [5, 5.41) is 3.64. The highest BCUT2D eigenvalue weighted by molar-refractivity contribution is 7.90. The second-order valence-electron chi connectivity index (χ2n) is 6.01. The quantitative estimate of drug-likeness (QED) is 0.559. The number of benzene rings is 1. The number of esters is 1. The van der Waals surface area contributed by atoms with Crippen molar-refractivity contribution in [2.75, 3.05) is 12.9 Å². The molecule has 1 fully saturated rings. The lowest BCUT2D eigenvalue weighted by atomic mass is 9.99. The molecule has 7 nitrogen and oxygen atoms in total. The van der Waals surface area contributed by atoms with Gasteiger partial charge in [-0.3, -0.25) is 4.79 Å². The molecule has 1 aliphatic carbocycles. The first-order valence-corrected chi connectivity index (χ1v) is 9.84. The van der Waals surface area contributed by atoms with Crippen LogP contribution in [-0.4, -0.2) is 38.2 Å². The van der Waals surface area contributed by atoms with Gasteiger partial charge in [0, 0.05) is 12.2 Å². The van der Waals surface area contributed by atoms with Crippen LogP contribution in [0.1, 0.15) is 57.9 Å². The molecule has 1 aliphatic rings. The summed E-state index contributed by atoms with van der Waals surface area (Å²) >= 11 is 0. The fourth-order valence-corrected chi connectivity index (χ4v) is 3.16. The van der Waals surface area contributed by atoms with Crippen LogP contribution in [0, 0.1) is 5.82 Å². The molecule has 0 atom stereocenters. The van der Waals surface area contributed by atoms with Gasteiger partial charge in [0.25, 0.3) is 0 Å². The number of hydrogen-bond donors (Lipinski definition) is 0.